The highest BCUT2D eigenvalue weighted by Crippen LogP contribution is 2.31. The number of nitrogen functional groups attached to an aromatic ring is 1. The van der Waals surface area contributed by atoms with Crippen LogP contribution < -0.4 is 20.5 Å². The number of nitrogens with one attached hydrogen (secondary N) is 1. The summed E-state index contributed by atoms with van der Waals surface area (Å²) in [6.45, 7) is 2.88. The zero-order valence-electron chi connectivity index (χ0n) is 16.9. The van der Waals surface area contributed by atoms with Crippen molar-refractivity contribution < 1.29 is 19.0 Å². The smallest absolute Gasteiger partial charge is 0.331 e. The third-order valence-corrected chi connectivity index (χ3v) is 4.33. The average Bonchev–Trinajstić information content (AvgIpc) is 2.77. The Kier molecular flexibility index (Phi) is 5.93. The summed E-state index contributed by atoms with van der Waals surface area (Å²) in [6, 6.07) is 13.2. The predicted octanol–water partition coefficient (Wildman–Crippen LogP) is 3.03. The van der Waals surface area contributed by atoms with Crippen LogP contribution in [0.25, 0.3) is 6.08 Å². The van der Waals surface area contributed by atoms with Crippen LogP contribution in [0.3, 0.4) is 0 Å². The molecule has 9 nitrogen and oxygen atoms in total. The molecule has 0 radical (unpaired) electrons. The highest BCUT2D eigenvalue weighted by Gasteiger charge is 2.11. The van der Waals surface area contributed by atoms with E-state index < -0.39 is 5.97 Å². The first kappa shape index (κ1) is 20.1. The number of carbonyl (C=O) groups is 1. The molecule has 0 unspecified atom stereocenters. The van der Waals surface area contributed by atoms with Gasteiger partial charge in [-0.2, -0.15) is 15.0 Å². The number of carbonyl (C=O) groups excluding carboxylic acids is 1. The molecule has 0 amide bonds. The van der Waals surface area contributed by atoms with Crippen LogP contribution >= 0.6 is 0 Å². The van der Waals surface area contributed by atoms with E-state index in [-0.39, 0.29) is 24.3 Å². The van der Waals surface area contributed by atoms with Gasteiger partial charge in [-0.15, -0.1) is 0 Å². The molecule has 1 aliphatic heterocycles. The van der Waals surface area contributed by atoms with Crippen molar-refractivity contribution >= 4 is 29.6 Å². The van der Waals surface area contributed by atoms with Crippen molar-refractivity contribution in [3.8, 4) is 11.5 Å². The van der Waals surface area contributed by atoms with Crippen LogP contribution in [-0.2, 0) is 16.1 Å². The van der Waals surface area contributed by atoms with Crippen LogP contribution in [0.2, 0.25) is 0 Å². The highest BCUT2D eigenvalue weighted by atomic mass is 16.6. The Labute approximate surface area is 178 Å². The van der Waals surface area contributed by atoms with E-state index in [1.807, 2.05) is 37.3 Å². The summed E-state index contributed by atoms with van der Waals surface area (Å²) >= 11 is 0. The van der Waals surface area contributed by atoms with E-state index in [0.29, 0.717) is 24.7 Å². The summed E-state index contributed by atoms with van der Waals surface area (Å²) < 4.78 is 16.2. The maximum absolute atomic E-state index is 12.1. The van der Waals surface area contributed by atoms with Crippen molar-refractivity contribution in [2.45, 2.75) is 13.5 Å². The van der Waals surface area contributed by atoms with Gasteiger partial charge in [0, 0.05) is 11.8 Å². The van der Waals surface area contributed by atoms with E-state index in [0.717, 1.165) is 16.8 Å². The van der Waals surface area contributed by atoms with Gasteiger partial charge in [0.15, 0.2) is 23.9 Å². The Hall–Kier alpha value is -4.14. The van der Waals surface area contributed by atoms with Crippen molar-refractivity contribution in [3.05, 3.63) is 65.5 Å². The average molecular weight is 419 g/mol. The summed E-state index contributed by atoms with van der Waals surface area (Å²) in [5.41, 5.74) is 8.49. The molecule has 31 heavy (non-hydrogen) atoms. The normalized spacial score (nSPS) is 12.5. The molecule has 0 aliphatic carbocycles. The van der Waals surface area contributed by atoms with Gasteiger partial charge in [0.1, 0.15) is 13.2 Å². The third kappa shape index (κ3) is 5.47. The molecule has 0 saturated carbocycles. The molecule has 3 N–H and O–H groups in total. The number of aromatic nitrogens is 3. The van der Waals surface area contributed by atoms with E-state index in [2.05, 4.69) is 20.3 Å². The molecule has 0 fully saturated rings. The van der Waals surface area contributed by atoms with Gasteiger partial charge in [-0.05, 0) is 42.8 Å². The van der Waals surface area contributed by atoms with E-state index in [4.69, 9.17) is 19.9 Å². The quantitative estimate of drug-likeness (QED) is 0.458. The molecule has 1 aromatic heterocycles. The van der Waals surface area contributed by atoms with Crippen LogP contribution in [0.1, 0.15) is 17.0 Å². The zero-order valence-corrected chi connectivity index (χ0v) is 16.9. The van der Waals surface area contributed by atoms with E-state index >= 15 is 0 Å². The number of rotatable bonds is 6. The van der Waals surface area contributed by atoms with Crippen LogP contribution in [0.4, 0.5) is 17.6 Å². The second-order valence-electron chi connectivity index (χ2n) is 6.77. The maximum Gasteiger partial charge on any atom is 0.331 e. The standard InChI is InChI=1S/C22H21N5O4/c1-14-2-6-16(7-3-14)24-22-26-19(25-21(23)27-22)13-31-20(28)9-5-15-4-8-17-18(12-15)30-11-10-29-17/h2-9,12H,10-11,13H2,1H3,(H3,23,24,25,26,27)/b9-5+. The van der Waals surface area contributed by atoms with Crippen LogP contribution in [0.5, 0.6) is 11.5 Å². The monoisotopic (exact) mass is 419 g/mol. The van der Waals surface area contributed by atoms with Gasteiger partial charge in [0.05, 0.1) is 0 Å². The lowest BCUT2D eigenvalue weighted by Crippen LogP contribution is -2.15. The molecule has 2 aromatic carbocycles. The fraction of sp³-hybridized carbons (Fsp3) is 0.182. The number of nitrogens with two attached hydrogens (primary N) is 1. The topological polar surface area (TPSA) is 121 Å². The molecule has 0 spiro atoms. The fourth-order valence-electron chi connectivity index (χ4n) is 2.84. The molecule has 9 heteroatoms. The highest BCUT2D eigenvalue weighted by molar-refractivity contribution is 5.87. The largest absolute Gasteiger partial charge is 0.486 e. The molecular formula is C22H21N5O4. The van der Waals surface area contributed by atoms with Gasteiger partial charge in [0.2, 0.25) is 11.9 Å². The fourth-order valence-corrected chi connectivity index (χ4v) is 2.84. The molecule has 0 saturated heterocycles. The number of ether oxygens (including phenoxy) is 3. The predicted molar refractivity (Wildman–Crippen MR) is 115 cm³/mol. The van der Waals surface area contributed by atoms with Gasteiger partial charge in [-0.25, -0.2) is 4.79 Å². The van der Waals surface area contributed by atoms with Gasteiger partial charge >= 0.3 is 5.97 Å². The first-order chi connectivity index (χ1) is 15.0. The summed E-state index contributed by atoms with van der Waals surface area (Å²) in [5, 5.41) is 3.05. The lowest BCUT2D eigenvalue weighted by Gasteiger charge is -2.18. The molecule has 3 aromatic rings. The minimum absolute atomic E-state index is 0.0301. The summed E-state index contributed by atoms with van der Waals surface area (Å²) in [4.78, 5) is 24.4. The molecule has 2 heterocycles. The maximum atomic E-state index is 12.1. The van der Waals surface area contributed by atoms with Crippen molar-refractivity contribution in [2.24, 2.45) is 0 Å². The number of hydrogen-bond acceptors (Lipinski definition) is 9. The number of anilines is 3. The minimum atomic E-state index is -0.540. The Bertz CT molecular complexity index is 1120. The molecule has 158 valence electrons. The molecule has 1 aliphatic rings. The van der Waals surface area contributed by atoms with Crippen LogP contribution in [0.15, 0.2) is 48.5 Å². The minimum Gasteiger partial charge on any atom is -0.486 e. The number of hydrogen-bond donors (Lipinski definition) is 2. The lowest BCUT2D eigenvalue weighted by molar-refractivity contribution is -0.139. The Morgan fingerprint density at radius 2 is 1.87 bits per heavy atom. The second-order valence-corrected chi connectivity index (χ2v) is 6.77. The first-order valence-corrected chi connectivity index (χ1v) is 9.64. The SMILES string of the molecule is Cc1ccc(Nc2nc(N)nc(COC(=O)/C=C/c3ccc4c(c3)OCCO4)n2)cc1. The molecule has 4 rings (SSSR count). The zero-order chi connectivity index (χ0) is 21.6. The molecular weight excluding hydrogens is 398 g/mol. The number of esters is 1. The van der Waals surface area contributed by atoms with Gasteiger partial charge < -0.3 is 25.3 Å². The van der Waals surface area contributed by atoms with Crippen molar-refractivity contribution in [2.75, 3.05) is 24.3 Å². The van der Waals surface area contributed by atoms with E-state index in [1.165, 1.54) is 6.08 Å². The van der Waals surface area contributed by atoms with Crippen LogP contribution in [-0.4, -0.2) is 34.1 Å². The van der Waals surface area contributed by atoms with Crippen molar-refractivity contribution in [1.82, 2.24) is 15.0 Å². The summed E-state index contributed by atoms with van der Waals surface area (Å²) in [7, 11) is 0. The van der Waals surface area contributed by atoms with E-state index in [1.54, 1.807) is 18.2 Å². The number of fused-ring (bicyclic) bond motifs is 1. The Morgan fingerprint density at radius 1 is 1.10 bits per heavy atom. The number of benzene rings is 2. The van der Waals surface area contributed by atoms with Gasteiger partial charge in [0.25, 0.3) is 0 Å². The summed E-state index contributed by atoms with van der Waals surface area (Å²) in [6.07, 6.45) is 2.95. The van der Waals surface area contributed by atoms with Crippen LogP contribution in [0, 0.1) is 6.92 Å². The first-order valence-electron chi connectivity index (χ1n) is 9.64. The Morgan fingerprint density at radius 3 is 2.68 bits per heavy atom. The van der Waals surface area contributed by atoms with Gasteiger partial charge in [-0.3, -0.25) is 0 Å². The van der Waals surface area contributed by atoms with Crippen molar-refractivity contribution in [1.29, 1.82) is 0 Å². The van der Waals surface area contributed by atoms with Gasteiger partial charge in [-0.1, -0.05) is 23.8 Å². The molecule has 0 bridgehead atoms. The summed E-state index contributed by atoms with van der Waals surface area (Å²) in [5.74, 6) is 1.34. The Balaban J connectivity index is 1.36. The third-order valence-electron chi connectivity index (χ3n) is 4.33. The van der Waals surface area contributed by atoms with E-state index in [9.17, 15) is 4.79 Å². The number of nitrogens with zero attached hydrogens (tertiary/aromatic N) is 3. The lowest BCUT2D eigenvalue weighted by atomic mass is 10.2. The number of aryl methyl sites for hydroxylation is 1. The van der Waals surface area contributed by atoms with Crippen molar-refractivity contribution in [3.63, 3.8) is 0 Å². The second kappa shape index (κ2) is 9.12. The molecule has 0 atom stereocenters.